The molecule has 2 aromatic carbocycles. The van der Waals surface area contributed by atoms with Gasteiger partial charge in [-0.05, 0) is 42.8 Å². The number of benzene rings is 2. The van der Waals surface area contributed by atoms with Crippen LogP contribution in [0.15, 0.2) is 42.5 Å². The summed E-state index contributed by atoms with van der Waals surface area (Å²) in [4.78, 5) is 12.3. The van der Waals surface area contributed by atoms with E-state index in [4.69, 9.17) is 5.11 Å². The van der Waals surface area contributed by atoms with Gasteiger partial charge in [0, 0.05) is 11.3 Å². The van der Waals surface area contributed by atoms with Crippen molar-refractivity contribution in [2.75, 3.05) is 11.9 Å². The monoisotopic (exact) mass is 283 g/mol. The molecule has 2 rings (SSSR count). The maximum absolute atomic E-state index is 13.3. The van der Waals surface area contributed by atoms with Crippen molar-refractivity contribution in [2.45, 2.75) is 6.92 Å². The lowest BCUT2D eigenvalue weighted by Gasteiger charge is -2.08. The van der Waals surface area contributed by atoms with Gasteiger partial charge in [0.25, 0.3) is 5.91 Å². The molecule has 3 nitrogen and oxygen atoms in total. The summed E-state index contributed by atoms with van der Waals surface area (Å²) in [6.07, 6.45) is 0. The summed E-state index contributed by atoms with van der Waals surface area (Å²) in [5.41, 5.74) is 2.19. The number of nitrogens with one attached hydrogen (secondary N) is 1. The van der Waals surface area contributed by atoms with Crippen LogP contribution in [0.5, 0.6) is 0 Å². The zero-order valence-electron chi connectivity index (χ0n) is 11.5. The second-order valence-electron chi connectivity index (χ2n) is 4.47. The molecule has 0 bridgehead atoms. The number of halogens is 1. The fraction of sp³-hybridized carbons (Fsp3) is 0.118. The summed E-state index contributed by atoms with van der Waals surface area (Å²) in [5, 5.41) is 11.5. The predicted octanol–water partition coefficient (Wildman–Crippen LogP) is 2.73. The Hall–Kier alpha value is -2.64. The largest absolute Gasteiger partial charge is 0.384 e. The lowest BCUT2D eigenvalue weighted by atomic mass is 10.1. The molecule has 0 saturated carbocycles. The summed E-state index contributed by atoms with van der Waals surface area (Å²) in [6.45, 7) is 1.57. The average Bonchev–Trinajstić information content (AvgIpc) is 2.45. The van der Waals surface area contributed by atoms with E-state index in [-0.39, 0.29) is 23.6 Å². The summed E-state index contributed by atoms with van der Waals surface area (Å²) in [6, 6.07) is 11.1. The van der Waals surface area contributed by atoms with Crippen molar-refractivity contribution in [2.24, 2.45) is 0 Å². The van der Waals surface area contributed by atoms with Gasteiger partial charge >= 0.3 is 0 Å². The molecule has 2 N–H and O–H groups in total. The molecular weight excluding hydrogens is 269 g/mol. The summed E-state index contributed by atoms with van der Waals surface area (Å²) in [7, 11) is 0. The molecule has 0 aliphatic rings. The third-order valence-corrected chi connectivity index (χ3v) is 2.80. The van der Waals surface area contributed by atoms with Crippen molar-refractivity contribution in [3.8, 4) is 11.8 Å². The highest BCUT2D eigenvalue weighted by molar-refractivity contribution is 6.06. The fourth-order valence-corrected chi connectivity index (χ4v) is 1.87. The molecule has 0 aliphatic carbocycles. The van der Waals surface area contributed by atoms with Crippen molar-refractivity contribution < 1.29 is 14.3 Å². The van der Waals surface area contributed by atoms with Gasteiger partial charge in [-0.15, -0.1) is 0 Å². The van der Waals surface area contributed by atoms with Crippen LogP contribution in [0.1, 0.15) is 21.5 Å². The Bertz CT molecular complexity index is 729. The van der Waals surface area contributed by atoms with Gasteiger partial charge in [0.2, 0.25) is 0 Å². The number of aryl methyl sites for hydroxylation is 1. The topological polar surface area (TPSA) is 49.3 Å². The number of hydrogen-bond donors (Lipinski definition) is 2. The molecule has 0 fully saturated rings. The first-order chi connectivity index (χ1) is 10.1. The van der Waals surface area contributed by atoms with E-state index in [0.29, 0.717) is 5.69 Å². The van der Waals surface area contributed by atoms with Gasteiger partial charge in [0.1, 0.15) is 12.4 Å². The van der Waals surface area contributed by atoms with E-state index in [1.165, 1.54) is 18.2 Å². The van der Waals surface area contributed by atoms with Crippen LogP contribution in [0.25, 0.3) is 0 Å². The van der Waals surface area contributed by atoms with E-state index in [9.17, 15) is 9.18 Å². The fourth-order valence-electron chi connectivity index (χ4n) is 1.87. The summed E-state index contributed by atoms with van der Waals surface area (Å²) < 4.78 is 13.3. The third-order valence-electron chi connectivity index (χ3n) is 2.80. The molecule has 21 heavy (non-hydrogen) atoms. The zero-order chi connectivity index (χ0) is 15.2. The minimum absolute atomic E-state index is 0.245. The Kier molecular flexibility index (Phi) is 4.70. The highest BCUT2D eigenvalue weighted by Gasteiger charge is 2.11. The van der Waals surface area contributed by atoms with E-state index in [0.717, 1.165) is 5.56 Å². The number of hydrogen-bond acceptors (Lipinski definition) is 2. The molecule has 0 spiro atoms. The first-order valence-corrected chi connectivity index (χ1v) is 6.37. The number of carbonyl (C=O) groups is 1. The van der Waals surface area contributed by atoms with Crippen molar-refractivity contribution in [3.63, 3.8) is 0 Å². The van der Waals surface area contributed by atoms with Crippen LogP contribution in [-0.4, -0.2) is 17.6 Å². The minimum Gasteiger partial charge on any atom is -0.384 e. The highest BCUT2D eigenvalue weighted by Crippen LogP contribution is 2.15. The molecule has 106 valence electrons. The minimum atomic E-state index is -0.482. The van der Waals surface area contributed by atoms with Crippen LogP contribution in [0.2, 0.25) is 0 Å². The van der Waals surface area contributed by atoms with Gasteiger partial charge in [-0.3, -0.25) is 4.79 Å². The average molecular weight is 283 g/mol. The molecular formula is C17H14FNO2. The lowest BCUT2D eigenvalue weighted by Crippen LogP contribution is -2.13. The highest BCUT2D eigenvalue weighted by atomic mass is 19.1. The Morgan fingerprint density at radius 3 is 2.81 bits per heavy atom. The Labute approximate surface area is 122 Å². The second-order valence-corrected chi connectivity index (χ2v) is 4.47. The van der Waals surface area contributed by atoms with Crippen molar-refractivity contribution in [1.82, 2.24) is 0 Å². The molecule has 0 radical (unpaired) electrons. The van der Waals surface area contributed by atoms with Crippen LogP contribution in [-0.2, 0) is 0 Å². The number of anilines is 1. The van der Waals surface area contributed by atoms with Gasteiger partial charge in [-0.1, -0.05) is 24.0 Å². The third kappa shape index (κ3) is 3.91. The normalized spacial score (nSPS) is 9.67. The molecule has 0 aliphatic heterocycles. The molecule has 0 unspecified atom stereocenters. The maximum atomic E-state index is 13.3. The number of rotatable bonds is 2. The van der Waals surface area contributed by atoms with Crippen LogP contribution < -0.4 is 5.32 Å². The Morgan fingerprint density at radius 2 is 2.10 bits per heavy atom. The van der Waals surface area contributed by atoms with Crippen LogP contribution >= 0.6 is 0 Å². The van der Waals surface area contributed by atoms with Crippen molar-refractivity contribution in [3.05, 3.63) is 65.0 Å². The second kappa shape index (κ2) is 6.69. The quantitative estimate of drug-likeness (QED) is 0.833. The number of amides is 1. The van der Waals surface area contributed by atoms with E-state index >= 15 is 0 Å². The van der Waals surface area contributed by atoms with E-state index in [1.807, 2.05) is 25.1 Å². The smallest absolute Gasteiger partial charge is 0.256 e. The molecule has 0 heterocycles. The van der Waals surface area contributed by atoms with Crippen molar-refractivity contribution >= 4 is 11.6 Å². The number of aliphatic hydroxyl groups is 1. The van der Waals surface area contributed by atoms with Crippen LogP contribution in [0.4, 0.5) is 10.1 Å². The standard InChI is InChI=1S/C17H14FNO2/c1-12-4-2-6-15(10-12)19-17(21)16-8-7-14(18)11-13(16)5-3-9-20/h2,4,6-8,10-11,20H,9H2,1H3,(H,19,21). The van der Waals surface area contributed by atoms with Gasteiger partial charge < -0.3 is 10.4 Å². The molecule has 2 aromatic rings. The van der Waals surface area contributed by atoms with E-state index in [2.05, 4.69) is 17.2 Å². The molecule has 1 amide bonds. The Balaban J connectivity index is 2.30. The van der Waals surface area contributed by atoms with E-state index < -0.39 is 5.82 Å². The molecule has 0 atom stereocenters. The molecule has 0 aromatic heterocycles. The predicted molar refractivity (Wildman–Crippen MR) is 79.5 cm³/mol. The van der Waals surface area contributed by atoms with Gasteiger partial charge in [-0.2, -0.15) is 0 Å². The van der Waals surface area contributed by atoms with Gasteiger partial charge in [0.15, 0.2) is 0 Å². The SMILES string of the molecule is Cc1cccc(NC(=O)c2ccc(F)cc2C#CCO)c1. The van der Waals surface area contributed by atoms with E-state index in [1.54, 1.807) is 6.07 Å². The Morgan fingerprint density at radius 1 is 1.29 bits per heavy atom. The summed E-state index contributed by atoms with van der Waals surface area (Å²) in [5.74, 6) is 4.15. The number of carbonyl (C=O) groups excluding carboxylic acids is 1. The molecule has 4 heteroatoms. The van der Waals surface area contributed by atoms with Gasteiger partial charge in [-0.25, -0.2) is 4.39 Å². The first-order valence-electron chi connectivity index (χ1n) is 6.37. The molecule has 0 saturated heterocycles. The number of aliphatic hydroxyl groups excluding tert-OH is 1. The first kappa shape index (κ1) is 14.8. The van der Waals surface area contributed by atoms with Crippen LogP contribution in [0.3, 0.4) is 0 Å². The van der Waals surface area contributed by atoms with Crippen molar-refractivity contribution in [1.29, 1.82) is 0 Å². The zero-order valence-corrected chi connectivity index (χ0v) is 11.5. The maximum Gasteiger partial charge on any atom is 0.256 e. The summed E-state index contributed by atoms with van der Waals surface area (Å²) >= 11 is 0. The van der Waals surface area contributed by atoms with Crippen LogP contribution in [0, 0.1) is 24.6 Å². The van der Waals surface area contributed by atoms with Gasteiger partial charge in [0.05, 0.1) is 5.56 Å². The lowest BCUT2D eigenvalue weighted by molar-refractivity contribution is 0.102.